The van der Waals surface area contributed by atoms with Crippen molar-refractivity contribution < 1.29 is 19.1 Å². The second-order valence-electron chi connectivity index (χ2n) is 10.1. The zero-order chi connectivity index (χ0) is 26.2. The number of hydrogen-bond donors (Lipinski definition) is 1. The van der Waals surface area contributed by atoms with Gasteiger partial charge in [-0.15, -0.1) is 0 Å². The van der Waals surface area contributed by atoms with Gasteiger partial charge in [0.05, 0.1) is 6.61 Å². The minimum Gasteiger partial charge on any atom is -0.438 e. The lowest BCUT2D eigenvalue weighted by molar-refractivity contribution is -0.136. The Hall–Kier alpha value is -2.68. The van der Waals surface area contributed by atoms with E-state index < -0.39 is 11.9 Å². The maximum absolute atomic E-state index is 13.5. The van der Waals surface area contributed by atoms with Crippen molar-refractivity contribution in [1.82, 2.24) is 20.1 Å². The van der Waals surface area contributed by atoms with Crippen LogP contribution in [0.1, 0.15) is 48.0 Å². The summed E-state index contributed by atoms with van der Waals surface area (Å²) < 4.78 is 12.0. The fraction of sp³-hybridized carbons (Fsp3) is 0.536. The Morgan fingerprint density at radius 2 is 1.89 bits per heavy atom. The third-order valence-corrected chi connectivity index (χ3v) is 7.38. The summed E-state index contributed by atoms with van der Waals surface area (Å²) in [4.78, 5) is 35.2. The van der Waals surface area contributed by atoms with Gasteiger partial charge in [0.1, 0.15) is 17.4 Å². The van der Waals surface area contributed by atoms with Crippen LogP contribution in [0.25, 0.3) is 0 Å². The highest BCUT2D eigenvalue weighted by molar-refractivity contribution is 6.30. The average molecular weight is 529 g/mol. The molecule has 1 saturated carbocycles. The van der Waals surface area contributed by atoms with Gasteiger partial charge in [-0.05, 0) is 68.6 Å². The largest absolute Gasteiger partial charge is 0.438 e. The van der Waals surface area contributed by atoms with Crippen LogP contribution in [-0.4, -0.2) is 79.1 Å². The van der Waals surface area contributed by atoms with E-state index >= 15 is 0 Å². The molecule has 2 heterocycles. The number of ether oxygens (including phenoxy) is 2. The number of rotatable bonds is 9. The van der Waals surface area contributed by atoms with Crippen molar-refractivity contribution in [3.05, 3.63) is 52.7 Å². The van der Waals surface area contributed by atoms with Gasteiger partial charge in [-0.25, -0.2) is 4.98 Å². The molecule has 1 aromatic heterocycles. The number of pyridine rings is 1. The third-order valence-electron chi connectivity index (χ3n) is 7.14. The Labute approximate surface area is 224 Å². The first kappa shape index (κ1) is 27.4. The summed E-state index contributed by atoms with van der Waals surface area (Å²) in [5, 5.41) is 3.52. The standard InChI is InChI=1S/C28H37ClN4O4/c1-20-17-22(29)10-11-25(20)37-27-23(9-6-12-30-27)26(34)31-24(19-36-18-21-7-4-3-5-8-21)28(35)33-15-13-32(2)14-16-33/h6,9-12,17,21,24H,3-5,7-8,13-16,18-19H2,1-2H3,(H,31,34)/t24-/m1/s1. The van der Waals surface area contributed by atoms with E-state index in [1.807, 2.05) is 18.9 Å². The molecule has 2 amide bonds. The molecular formula is C28H37ClN4O4. The van der Waals surface area contributed by atoms with E-state index in [1.54, 1.807) is 36.5 Å². The predicted octanol–water partition coefficient (Wildman–Crippen LogP) is 4.31. The Morgan fingerprint density at radius 3 is 2.62 bits per heavy atom. The fourth-order valence-corrected chi connectivity index (χ4v) is 5.07. The number of aryl methyl sites for hydroxylation is 1. The molecule has 8 nitrogen and oxygen atoms in total. The van der Waals surface area contributed by atoms with Gasteiger partial charge < -0.3 is 24.6 Å². The van der Waals surface area contributed by atoms with Gasteiger partial charge in [-0.2, -0.15) is 0 Å². The van der Waals surface area contributed by atoms with Crippen molar-refractivity contribution in [2.45, 2.75) is 45.1 Å². The lowest BCUT2D eigenvalue weighted by atomic mass is 9.90. The van der Waals surface area contributed by atoms with Gasteiger partial charge in [0.25, 0.3) is 5.91 Å². The van der Waals surface area contributed by atoms with Crippen LogP contribution in [-0.2, 0) is 9.53 Å². The number of aromatic nitrogens is 1. The molecule has 1 aliphatic carbocycles. The van der Waals surface area contributed by atoms with E-state index in [1.165, 1.54) is 19.3 Å². The first-order valence-corrected chi connectivity index (χ1v) is 13.5. The van der Waals surface area contributed by atoms with Gasteiger partial charge in [0.2, 0.25) is 11.8 Å². The molecule has 1 saturated heterocycles. The van der Waals surface area contributed by atoms with Crippen molar-refractivity contribution >= 4 is 23.4 Å². The minimum absolute atomic E-state index is 0.120. The summed E-state index contributed by atoms with van der Waals surface area (Å²) in [7, 11) is 2.04. The van der Waals surface area contributed by atoms with Crippen LogP contribution >= 0.6 is 11.6 Å². The number of amides is 2. The Bertz CT molecular complexity index is 1070. The van der Waals surface area contributed by atoms with Crippen molar-refractivity contribution in [3.63, 3.8) is 0 Å². The second kappa shape index (κ2) is 13.2. The molecular weight excluding hydrogens is 492 g/mol. The molecule has 1 N–H and O–H groups in total. The summed E-state index contributed by atoms with van der Waals surface area (Å²) >= 11 is 6.07. The highest BCUT2D eigenvalue weighted by Gasteiger charge is 2.30. The number of benzene rings is 1. The smallest absolute Gasteiger partial charge is 0.257 e. The van der Waals surface area contributed by atoms with Crippen molar-refractivity contribution in [3.8, 4) is 11.6 Å². The molecule has 2 fully saturated rings. The Morgan fingerprint density at radius 1 is 1.14 bits per heavy atom. The highest BCUT2D eigenvalue weighted by atomic mass is 35.5. The molecule has 0 unspecified atom stereocenters. The van der Waals surface area contributed by atoms with Gasteiger partial charge >= 0.3 is 0 Å². The van der Waals surface area contributed by atoms with E-state index in [-0.39, 0.29) is 24.0 Å². The lowest BCUT2D eigenvalue weighted by Gasteiger charge is -2.35. The molecule has 0 spiro atoms. The molecule has 1 aliphatic heterocycles. The SMILES string of the molecule is Cc1cc(Cl)ccc1Oc1ncccc1C(=O)N[C@H](COCC1CCCCC1)C(=O)N1CCN(C)CC1. The number of likely N-dealkylation sites (N-methyl/N-ethyl adjacent to an activating group) is 1. The maximum atomic E-state index is 13.5. The summed E-state index contributed by atoms with van der Waals surface area (Å²) in [5.74, 6) is 0.690. The summed E-state index contributed by atoms with van der Waals surface area (Å²) in [6, 6.07) is 7.78. The summed E-state index contributed by atoms with van der Waals surface area (Å²) in [5.41, 5.74) is 1.07. The molecule has 1 atom stereocenters. The van der Waals surface area contributed by atoms with E-state index in [9.17, 15) is 9.59 Å². The van der Waals surface area contributed by atoms with E-state index in [0.29, 0.717) is 36.4 Å². The summed E-state index contributed by atoms with van der Waals surface area (Å²) in [6.07, 6.45) is 7.62. The van der Waals surface area contributed by atoms with Crippen LogP contribution in [0.4, 0.5) is 0 Å². The third kappa shape index (κ3) is 7.66. The number of nitrogens with zero attached hydrogens (tertiary/aromatic N) is 3. The first-order chi connectivity index (χ1) is 17.9. The zero-order valence-electron chi connectivity index (χ0n) is 21.7. The molecule has 1 aromatic carbocycles. The maximum Gasteiger partial charge on any atom is 0.257 e. The number of piperazine rings is 1. The second-order valence-corrected chi connectivity index (χ2v) is 10.5. The van der Waals surface area contributed by atoms with Crippen molar-refractivity contribution in [1.29, 1.82) is 0 Å². The first-order valence-electron chi connectivity index (χ1n) is 13.2. The van der Waals surface area contributed by atoms with Crippen LogP contribution in [0.2, 0.25) is 5.02 Å². The molecule has 2 aromatic rings. The number of nitrogens with one attached hydrogen (secondary N) is 1. The van der Waals surface area contributed by atoms with Crippen LogP contribution in [0, 0.1) is 12.8 Å². The molecule has 37 heavy (non-hydrogen) atoms. The molecule has 4 rings (SSSR count). The van der Waals surface area contributed by atoms with E-state index in [2.05, 4.69) is 15.2 Å². The summed E-state index contributed by atoms with van der Waals surface area (Å²) in [6.45, 7) is 5.48. The fourth-order valence-electron chi connectivity index (χ4n) is 4.84. The molecule has 0 radical (unpaired) electrons. The highest BCUT2D eigenvalue weighted by Crippen LogP contribution is 2.28. The number of halogens is 1. The van der Waals surface area contributed by atoms with Crippen molar-refractivity contribution in [2.24, 2.45) is 5.92 Å². The topological polar surface area (TPSA) is 84.0 Å². The molecule has 0 bridgehead atoms. The quantitative estimate of drug-likeness (QED) is 0.522. The number of carbonyl (C=O) groups is 2. The van der Waals surface area contributed by atoms with Gasteiger partial charge in [-0.3, -0.25) is 9.59 Å². The number of hydrogen-bond acceptors (Lipinski definition) is 6. The molecule has 9 heteroatoms. The van der Waals surface area contributed by atoms with E-state index in [4.69, 9.17) is 21.1 Å². The molecule has 200 valence electrons. The number of carbonyl (C=O) groups excluding carboxylic acids is 2. The normalized spacial score (nSPS) is 17.9. The van der Waals surface area contributed by atoms with Crippen molar-refractivity contribution in [2.75, 3.05) is 46.4 Å². The van der Waals surface area contributed by atoms with Gasteiger partial charge in [0, 0.05) is 44.0 Å². The van der Waals surface area contributed by atoms with Crippen LogP contribution in [0.15, 0.2) is 36.5 Å². The Balaban J connectivity index is 1.46. The van der Waals surface area contributed by atoms with Gasteiger partial charge in [0.15, 0.2) is 0 Å². The van der Waals surface area contributed by atoms with E-state index in [0.717, 1.165) is 31.5 Å². The predicted molar refractivity (Wildman–Crippen MR) is 143 cm³/mol. The Kier molecular flexibility index (Phi) is 9.77. The minimum atomic E-state index is -0.787. The average Bonchev–Trinajstić information content (AvgIpc) is 2.90. The van der Waals surface area contributed by atoms with Gasteiger partial charge in [-0.1, -0.05) is 30.9 Å². The van der Waals surface area contributed by atoms with Crippen LogP contribution < -0.4 is 10.1 Å². The zero-order valence-corrected chi connectivity index (χ0v) is 22.5. The van der Waals surface area contributed by atoms with Crippen LogP contribution in [0.3, 0.4) is 0 Å². The van der Waals surface area contributed by atoms with Crippen LogP contribution in [0.5, 0.6) is 11.6 Å². The molecule has 2 aliphatic rings. The lowest BCUT2D eigenvalue weighted by Crippen LogP contribution is -2.55. The monoisotopic (exact) mass is 528 g/mol.